The predicted octanol–water partition coefficient (Wildman–Crippen LogP) is 3.56. The molecule has 1 amide bonds. The molecule has 160 valence electrons. The molecule has 0 atom stereocenters. The van der Waals surface area contributed by atoms with Crippen LogP contribution in [0.1, 0.15) is 29.5 Å². The second kappa shape index (κ2) is 13.1. The summed E-state index contributed by atoms with van der Waals surface area (Å²) in [7, 11) is 1.65. The van der Waals surface area contributed by atoms with Crippen molar-refractivity contribution in [2.45, 2.75) is 20.3 Å². The highest BCUT2D eigenvalue weighted by atomic mass is 16.3. The molecule has 0 spiro atoms. The van der Waals surface area contributed by atoms with Gasteiger partial charge in [-0.05, 0) is 30.9 Å². The lowest BCUT2D eigenvalue weighted by atomic mass is 10.0. The van der Waals surface area contributed by atoms with Crippen molar-refractivity contribution in [1.29, 1.82) is 5.26 Å². The maximum absolute atomic E-state index is 11.0. The van der Waals surface area contributed by atoms with Crippen molar-refractivity contribution in [2.75, 3.05) is 12.8 Å². The fraction of sp³-hybridized carbons (Fsp3) is 0.174. The number of rotatable bonds is 3. The van der Waals surface area contributed by atoms with Gasteiger partial charge in [0.1, 0.15) is 11.9 Å². The van der Waals surface area contributed by atoms with Crippen molar-refractivity contribution in [3.63, 3.8) is 0 Å². The number of amides is 1. The minimum atomic E-state index is -0.690. The topological polar surface area (TPSA) is 151 Å². The van der Waals surface area contributed by atoms with Crippen molar-refractivity contribution in [1.82, 2.24) is 9.97 Å². The van der Waals surface area contributed by atoms with E-state index in [-0.39, 0.29) is 17.0 Å². The first-order valence-electron chi connectivity index (χ1n) is 9.41. The summed E-state index contributed by atoms with van der Waals surface area (Å²) >= 11 is 0. The van der Waals surface area contributed by atoms with Gasteiger partial charge in [-0.2, -0.15) is 5.26 Å². The van der Waals surface area contributed by atoms with Gasteiger partial charge in [-0.3, -0.25) is 9.79 Å². The highest BCUT2D eigenvalue weighted by Gasteiger charge is 2.13. The number of nitrogens with zero attached hydrogens (tertiary/aromatic N) is 4. The van der Waals surface area contributed by atoms with Crippen molar-refractivity contribution < 1.29 is 9.90 Å². The zero-order valence-electron chi connectivity index (χ0n) is 17.8. The summed E-state index contributed by atoms with van der Waals surface area (Å²) in [5.41, 5.74) is 11.7. The molecule has 8 nitrogen and oxygen atoms in total. The predicted molar refractivity (Wildman–Crippen MR) is 124 cm³/mol. The van der Waals surface area contributed by atoms with E-state index in [1.54, 1.807) is 43.9 Å². The Hall–Kier alpha value is -4.25. The number of carbonyl (C=O) groups is 1. The van der Waals surface area contributed by atoms with E-state index < -0.39 is 5.91 Å². The molecule has 8 heteroatoms. The van der Waals surface area contributed by atoms with E-state index in [4.69, 9.17) is 16.7 Å². The average molecular weight is 419 g/mol. The third-order valence-corrected chi connectivity index (χ3v) is 3.84. The zero-order valence-corrected chi connectivity index (χ0v) is 17.8. The number of benzene rings is 2. The van der Waals surface area contributed by atoms with Gasteiger partial charge in [0.25, 0.3) is 5.91 Å². The highest BCUT2D eigenvalue weighted by molar-refractivity contribution is 6.06. The molecule has 0 aliphatic heterocycles. The Morgan fingerprint density at radius 3 is 2.39 bits per heavy atom. The number of aromatic hydroxyl groups is 1. The number of aliphatic imine (C=N–C) groups is 1. The quantitative estimate of drug-likeness (QED) is 0.256. The molecule has 0 aliphatic carbocycles. The Bertz CT molecular complexity index is 1100. The van der Waals surface area contributed by atoms with Crippen LogP contribution in [0.25, 0.3) is 10.8 Å². The standard InChI is InChI=1S/C11H10N2O2.C7H10N2.C5H6N2/c12-9-7-4-2-1-3-6(7)5-8(10(9)14)11(13)15;1-3-4-7(5-8)6-9-2;1-5-6-3-2-4-7-5/h1-5,14H,12H2,(H2,13,15);4,6H,3H2,1-2H3;2-4H,1H3/b;7-4-,9-6?;. The summed E-state index contributed by atoms with van der Waals surface area (Å²) < 4.78 is 0. The summed E-state index contributed by atoms with van der Waals surface area (Å²) in [5, 5.41) is 19.5. The van der Waals surface area contributed by atoms with Gasteiger partial charge in [0, 0.05) is 31.0 Å². The highest BCUT2D eigenvalue weighted by Crippen LogP contribution is 2.33. The summed E-state index contributed by atoms with van der Waals surface area (Å²) in [6, 6.07) is 12.6. The van der Waals surface area contributed by atoms with Crippen LogP contribution in [0.5, 0.6) is 5.75 Å². The number of phenols is 1. The van der Waals surface area contributed by atoms with E-state index >= 15 is 0 Å². The molecule has 5 N–H and O–H groups in total. The van der Waals surface area contributed by atoms with Crippen LogP contribution >= 0.6 is 0 Å². The number of fused-ring (bicyclic) bond motifs is 1. The number of primary amides is 1. The number of nitrogens with two attached hydrogens (primary N) is 2. The van der Waals surface area contributed by atoms with Crippen LogP contribution in [0.3, 0.4) is 0 Å². The molecule has 0 saturated carbocycles. The molecule has 1 aromatic heterocycles. The Morgan fingerprint density at radius 2 is 1.90 bits per heavy atom. The fourth-order valence-corrected chi connectivity index (χ4v) is 2.41. The summed E-state index contributed by atoms with van der Waals surface area (Å²) in [6.45, 7) is 3.85. The molecule has 3 aromatic rings. The lowest BCUT2D eigenvalue weighted by molar-refractivity contribution is 0.0998. The minimum Gasteiger partial charge on any atom is -0.505 e. The first-order chi connectivity index (χ1) is 14.8. The van der Waals surface area contributed by atoms with Gasteiger partial charge >= 0.3 is 0 Å². The number of allylic oxidation sites excluding steroid dienone is 2. The molecule has 0 unspecified atom stereocenters. The molecule has 0 bridgehead atoms. The average Bonchev–Trinajstić information content (AvgIpc) is 2.77. The largest absolute Gasteiger partial charge is 0.505 e. The van der Waals surface area contributed by atoms with E-state index in [0.717, 1.165) is 17.6 Å². The van der Waals surface area contributed by atoms with Gasteiger partial charge in [0.2, 0.25) is 0 Å². The van der Waals surface area contributed by atoms with E-state index in [9.17, 15) is 9.90 Å². The molecule has 0 aliphatic rings. The lowest BCUT2D eigenvalue weighted by Gasteiger charge is -2.07. The Morgan fingerprint density at radius 1 is 1.26 bits per heavy atom. The fourth-order valence-electron chi connectivity index (χ4n) is 2.41. The van der Waals surface area contributed by atoms with Crippen molar-refractivity contribution >= 4 is 28.6 Å². The molecular weight excluding hydrogens is 392 g/mol. The maximum atomic E-state index is 11.0. The number of nitriles is 1. The van der Waals surface area contributed by atoms with Crippen LogP contribution in [0.2, 0.25) is 0 Å². The number of anilines is 1. The van der Waals surface area contributed by atoms with Gasteiger partial charge in [0.05, 0.1) is 16.8 Å². The SMILES string of the molecule is CC/C=C(/C#N)C=NC.Cc1ncccn1.NC(=O)c1cc2ccccc2c(N)c1O. The number of hydrogen-bond donors (Lipinski definition) is 3. The number of carbonyl (C=O) groups excluding carboxylic acids is 1. The molecule has 0 radical (unpaired) electrons. The van der Waals surface area contributed by atoms with Crippen LogP contribution in [-0.2, 0) is 0 Å². The Balaban J connectivity index is 0.000000257. The molecular formula is C23H26N6O2. The lowest BCUT2D eigenvalue weighted by Crippen LogP contribution is -2.11. The second-order valence-electron chi connectivity index (χ2n) is 6.13. The van der Waals surface area contributed by atoms with Crippen molar-refractivity contribution in [3.8, 4) is 11.8 Å². The van der Waals surface area contributed by atoms with Gasteiger partial charge < -0.3 is 16.6 Å². The van der Waals surface area contributed by atoms with Crippen molar-refractivity contribution in [2.24, 2.45) is 10.7 Å². The van der Waals surface area contributed by atoms with Crippen LogP contribution in [0.4, 0.5) is 5.69 Å². The maximum Gasteiger partial charge on any atom is 0.252 e. The van der Waals surface area contributed by atoms with Crippen molar-refractivity contribution in [3.05, 3.63) is 71.8 Å². The van der Waals surface area contributed by atoms with Crippen LogP contribution in [0, 0.1) is 18.3 Å². The van der Waals surface area contributed by atoms with Gasteiger partial charge in [-0.15, -0.1) is 0 Å². The smallest absolute Gasteiger partial charge is 0.252 e. The van der Waals surface area contributed by atoms with E-state index in [0.29, 0.717) is 11.0 Å². The minimum absolute atomic E-state index is 0.0474. The van der Waals surface area contributed by atoms with E-state index in [2.05, 4.69) is 15.0 Å². The second-order valence-corrected chi connectivity index (χ2v) is 6.13. The van der Waals surface area contributed by atoms with Gasteiger partial charge in [-0.1, -0.05) is 37.3 Å². The molecule has 3 rings (SSSR count). The van der Waals surface area contributed by atoms with Crippen LogP contribution < -0.4 is 11.5 Å². The number of aryl methyl sites for hydroxylation is 1. The summed E-state index contributed by atoms with van der Waals surface area (Å²) in [6.07, 6.45) is 7.73. The zero-order chi connectivity index (χ0) is 23.2. The summed E-state index contributed by atoms with van der Waals surface area (Å²) in [4.78, 5) is 22.5. The molecule has 1 heterocycles. The first kappa shape index (κ1) is 24.8. The number of aromatic nitrogens is 2. The summed E-state index contributed by atoms with van der Waals surface area (Å²) in [5.74, 6) is -0.117. The number of nitrogen functional groups attached to an aromatic ring is 1. The van der Waals surface area contributed by atoms with Crippen LogP contribution in [-0.4, -0.2) is 34.2 Å². The number of hydrogen-bond acceptors (Lipinski definition) is 7. The van der Waals surface area contributed by atoms with E-state index in [1.165, 1.54) is 6.07 Å². The monoisotopic (exact) mass is 418 g/mol. The van der Waals surface area contributed by atoms with Gasteiger partial charge in [-0.25, -0.2) is 9.97 Å². The van der Waals surface area contributed by atoms with Crippen LogP contribution in [0.15, 0.2) is 65.4 Å². The van der Waals surface area contributed by atoms with Gasteiger partial charge in [0.15, 0.2) is 5.75 Å². The molecule has 0 saturated heterocycles. The normalized spacial score (nSPS) is 10.5. The molecule has 31 heavy (non-hydrogen) atoms. The third kappa shape index (κ3) is 7.95. The molecule has 0 fully saturated rings. The molecule has 2 aromatic carbocycles. The third-order valence-electron chi connectivity index (χ3n) is 3.84. The Labute approximate surface area is 181 Å². The van der Waals surface area contributed by atoms with E-state index in [1.807, 2.05) is 38.1 Å². The Kier molecular flexibility index (Phi) is 10.4. The first-order valence-corrected chi connectivity index (χ1v) is 9.41.